The summed E-state index contributed by atoms with van der Waals surface area (Å²) in [6, 6.07) is 9.03. The third-order valence-electron chi connectivity index (χ3n) is 4.25. The van der Waals surface area contributed by atoms with Crippen LogP contribution in [0.4, 0.5) is 0 Å². The fraction of sp³-hybridized carbons (Fsp3) is 0.529. The Morgan fingerprint density at radius 3 is 2.54 bits per heavy atom. The number of benzene rings is 1. The first kappa shape index (κ1) is 18.4. The highest BCUT2D eigenvalue weighted by Gasteiger charge is 2.35. The predicted molar refractivity (Wildman–Crippen MR) is 90.4 cm³/mol. The van der Waals surface area contributed by atoms with Crippen molar-refractivity contribution in [3.05, 3.63) is 35.9 Å². The molecule has 0 aliphatic carbocycles. The van der Waals surface area contributed by atoms with Gasteiger partial charge in [-0.3, -0.25) is 9.59 Å². The van der Waals surface area contributed by atoms with Gasteiger partial charge < -0.3 is 10.4 Å². The number of sulfone groups is 1. The van der Waals surface area contributed by atoms with E-state index in [1.165, 1.54) is 0 Å². The van der Waals surface area contributed by atoms with Crippen molar-refractivity contribution in [2.45, 2.75) is 49.8 Å². The van der Waals surface area contributed by atoms with Crippen LogP contribution in [-0.2, 0) is 25.8 Å². The minimum absolute atomic E-state index is 0.0452. The molecule has 0 spiro atoms. The van der Waals surface area contributed by atoms with Crippen molar-refractivity contribution in [2.24, 2.45) is 0 Å². The number of carbonyl (C=O) groups excluding carboxylic acids is 1. The number of nitrogens with one attached hydrogen (secondary N) is 1. The molecule has 1 aliphatic rings. The second-order valence-corrected chi connectivity index (χ2v) is 8.48. The normalized spacial score (nSPS) is 20.9. The monoisotopic (exact) mass is 353 g/mol. The molecule has 24 heavy (non-hydrogen) atoms. The smallest absolute Gasteiger partial charge is 0.303 e. The molecule has 1 aromatic carbocycles. The molecule has 1 heterocycles. The molecule has 1 saturated heterocycles. The quantitative estimate of drug-likeness (QED) is 0.774. The van der Waals surface area contributed by atoms with E-state index in [1.807, 2.05) is 30.3 Å². The van der Waals surface area contributed by atoms with Crippen LogP contribution >= 0.6 is 0 Å². The average molecular weight is 353 g/mol. The molecule has 1 fully saturated rings. The fourth-order valence-electron chi connectivity index (χ4n) is 2.96. The first-order chi connectivity index (χ1) is 11.4. The van der Waals surface area contributed by atoms with Crippen molar-refractivity contribution in [3.8, 4) is 0 Å². The molecule has 2 atom stereocenters. The molecule has 1 amide bonds. The average Bonchev–Trinajstić information content (AvgIpc) is 2.53. The van der Waals surface area contributed by atoms with E-state index in [0.29, 0.717) is 19.3 Å². The van der Waals surface area contributed by atoms with Gasteiger partial charge in [-0.25, -0.2) is 8.42 Å². The number of carbonyl (C=O) groups is 2. The molecule has 2 rings (SSSR count). The number of hydrogen-bond donors (Lipinski definition) is 2. The summed E-state index contributed by atoms with van der Waals surface area (Å²) in [4.78, 5) is 23.3. The van der Waals surface area contributed by atoms with Gasteiger partial charge in [-0.05, 0) is 31.2 Å². The molecule has 1 aliphatic heterocycles. The lowest BCUT2D eigenvalue weighted by Gasteiger charge is -2.25. The van der Waals surface area contributed by atoms with E-state index in [-0.39, 0.29) is 18.6 Å². The summed E-state index contributed by atoms with van der Waals surface area (Å²) >= 11 is 0. The second-order valence-electron chi connectivity index (χ2n) is 6.18. The molecule has 6 nitrogen and oxygen atoms in total. The van der Waals surface area contributed by atoms with Crippen LogP contribution in [0.5, 0.6) is 0 Å². The largest absolute Gasteiger partial charge is 0.481 e. The van der Waals surface area contributed by atoms with Crippen molar-refractivity contribution in [3.63, 3.8) is 0 Å². The van der Waals surface area contributed by atoms with Gasteiger partial charge in [0.05, 0.1) is 5.75 Å². The number of hydrogen-bond acceptors (Lipinski definition) is 4. The molecule has 7 heteroatoms. The van der Waals surface area contributed by atoms with E-state index in [2.05, 4.69) is 5.32 Å². The van der Waals surface area contributed by atoms with Crippen LogP contribution in [0.1, 0.15) is 37.7 Å². The molecule has 132 valence electrons. The fourth-order valence-corrected chi connectivity index (χ4v) is 4.78. The van der Waals surface area contributed by atoms with Gasteiger partial charge in [0.1, 0.15) is 5.25 Å². The third kappa shape index (κ3) is 5.33. The third-order valence-corrected chi connectivity index (χ3v) is 6.42. The molecule has 0 aromatic heterocycles. The highest BCUT2D eigenvalue weighted by Crippen LogP contribution is 2.20. The van der Waals surface area contributed by atoms with Crippen LogP contribution in [0.25, 0.3) is 0 Å². The van der Waals surface area contributed by atoms with Crippen molar-refractivity contribution in [1.82, 2.24) is 5.32 Å². The van der Waals surface area contributed by atoms with Crippen LogP contribution < -0.4 is 5.32 Å². The summed E-state index contributed by atoms with van der Waals surface area (Å²) in [7, 11) is -3.40. The number of rotatable bonds is 7. The maximum absolute atomic E-state index is 12.4. The summed E-state index contributed by atoms with van der Waals surface area (Å²) in [6.45, 7) is 0. The maximum Gasteiger partial charge on any atom is 0.303 e. The SMILES string of the molecule is O=C(O)CCC(Cc1ccccc1)NC(=O)C1CCCCS1(=O)=O. The van der Waals surface area contributed by atoms with Gasteiger partial charge in [0.15, 0.2) is 9.84 Å². The van der Waals surface area contributed by atoms with Crippen LogP contribution in [0.15, 0.2) is 30.3 Å². The molecular weight excluding hydrogens is 330 g/mol. The second kappa shape index (κ2) is 8.28. The molecule has 1 aromatic rings. The Morgan fingerprint density at radius 2 is 1.92 bits per heavy atom. The Hall–Kier alpha value is -1.89. The summed E-state index contributed by atoms with van der Waals surface area (Å²) in [5.41, 5.74) is 0.972. The van der Waals surface area contributed by atoms with E-state index in [4.69, 9.17) is 5.11 Å². The van der Waals surface area contributed by atoms with E-state index < -0.39 is 33.0 Å². The number of amides is 1. The van der Waals surface area contributed by atoms with Crippen molar-refractivity contribution >= 4 is 21.7 Å². The number of carboxylic acid groups (broad SMARTS) is 1. The Kier molecular flexibility index (Phi) is 6.36. The standard InChI is InChI=1S/C17H23NO5S/c19-16(20)10-9-14(12-13-6-2-1-3-7-13)18-17(21)15-8-4-5-11-24(15,22)23/h1-3,6-7,14-15H,4-5,8-12H2,(H,18,21)(H,19,20). The van der Waals surface area contributed by atoms with E-state index in [0.717, 1.165) is 12.0 Å². The topological polar surface area (TPSA) is 101 Å². The summed E-state index contributed by atoms with van der Waals surface area (Å²) < 4.78 is 24.1. The van der Waals surface area contributed by atoms with Crippen molar-refractivity contribution in [2.75, 3.05) is 5.75 Å². The van der Waals surface area contributed by atoms with Gasteiger partial charge in [0.2, 0.25) is 5.91 Å². The first-order valence-corrected chi connectivity index (χ1v) is 9.87. The summed E-state index contributed by atoms with van der Waals surface area (Å²) in [5.74, 6) is -1.39. The van der Waals surface area contributed by atoms with E-state index in [9.17, 15) is 18.0 Å². The van der Waals surface area contributed by atoms with E-state index in [1.54, 1.807) is 0 Å². The lowest BCUT2D eigenvalue weighted by Crippen LogP contribution is -2.47. The highest BCUT2D eigenvalue weighted by molar-refractivity contribution is 7.92. The lowest BCUT2D eigenvalue weighted by molar-refractivity contribution is -0.137. The Morgan fingerprint density at radius 1 is 1.21 bits per heavy atom. The molecule has 0 saturated carbocycles. The zero-order valence-electron chi connectivity index (χ0n) is 13.5. The lowest BCUT2D eigenvalue weighted by atomic mass is 10.0. The van der Waals surface area contributed by atoms with Crippen LogP contribution in [0, 0.1) is 0 Å². The number of carboxylic acids is 1. The molecule has 2 N–H and O–H groups in total. The maximum atomic E-state index is 12.4. The minimum atomic E-state index is -3.40. The van der Waals surface area contributed by atoms with Gasteiger partial charge in [-0.2, -0.15) is 0 Å². The van der Waals surface area contributed by atoms with E-state index >= 15 is 0 Å². The molecule has 2 unspecified atom stereocenters. The Bertz CT molecular complexity index is 671. The molecular formula is C17H23NO5S. The van der Waals surface area contributed by atoms with Crippen LogP contribution in [-0.4, -0.2) is 42.4 Å². The highest BCUT2D eigenvalue weighted by atomic mass is 32.2. The summed E-state index contributed by atoms with van der Waals surface area (Å²) in [5, 5.41) is 10.6. The van der Waals surface area contributed by atoms with Crippen LogP contribution in [0.2, 0.25) is 0 Å². The molecule has 0 bridgehead atoms. The Balaban J connectivity index is 2.05. The van der Waals surface area contributed by atoms with Gasteiger partial charge in [-0.15, -0.1) is 0 Å². The zero-order valence-corrected chi connectivity index (χ0v) is 14.3. The Labute approximate surface area is 142 Å². The van der Waals surface area contributed by atoms with Gasteiger partial charge in [-0.1, -0.05) is 36.8 Å². The summed E-state index contributed by atoms with van der Waals surface area (Å²) in [6.07, 6.45) is 2.32. The zero-order chi connectivity index (χ0) is 17.6. The van der Waals surface area contributed by atoms with Gasteiger partial charge in [0.25, 0.3) is 0 Å². The van der Waals surface area contributed by atoms with Crippen molar-refractivity contribution < 1.29 is 23.1 Å². The predicted octanol–water partition coefficient (Wildman–Crippen LogP) is 1.55. The minimum Gasteiger partial charge on any atom is -0.481 e. The van der Waals surface area contributed by atoms with Crippen molar-refractivity contribution in [1.29, 1.82) is 0 Å². The number of aliphatic carboxylic acids is 1. The van der Waals surface area contributed by atoms with Gasteiger partial charge >= 0.3 is 5.97 Å². The van der Waals surface area contributed by atoms with Gasteiger partial charge in [0, 0.05) is 12.5 Å². The first-order valence-electron chi connectivity index (χ1n) is 8.16. The van der Waals surface area contributed by atoms with Crippen LogP contribution in [0.3, 0.4) is 0 Å². The molecule has 0 radical (unpaired) electrons.